The molecule has 0 spiro atoms. The van der Waals surface area contributed by atoms with Gasteiger partial charge in [0.1, 0.15) is 11.5 Å². The Bertz CT molecular complexity index is 411. The maximum atomic E-state index is 11.8. The van der Waals surface area contributed by atoms with Crippen molar-refractivity contribution in [2.24, 2.45) is 11.3 Å². The van der Waals surface area contributed by atoms with E-state index in [2.05, 4.69) is 0 Å². The first kappa shape index (κ1) is 12.5. The molecule has 0 aromatic carbocycles. The molecule has 4 nitrogen and oxygen atoms in total. The Hall–Kier alpha value is -1.58. The average molecular weight is 224 g/mol. The molecule has 0 aromatic rings. The third-order valence-electron chi connectivity index (χ3n) is 2.74. The van der Waals surface area contributed by atoms with Gasteiger partial charge in [0.05, 0.1) is 11.0 Å². The van der Waals surface area contributed by atoms with E-state index in [4.69, 9.17) is 0 Å². The minimum Gasteiger partial charge on any atom is -0.510 e. The van der Waals surface area contributed by atoms with Gasteiger partial charge in [-0.25, -0.2) is 0 Å². The van der Waals surface area contributed by atoms with Gasteiger partial charge in [-0.15, -0.1) is 0 Å². The van der Waals surface area contributed by atoms with E-state index in [9.17, 15) is 19.8 Å². The van der Waals surface area contributed by atoms with Gasteiger partial charge in [-0.3, -0.25) is 9.59 Å². The van der Waals surface area contributed by atoms with E-state index in [1.54, 1.807) is 13.8 Å². The van der Waals surface area contributed by atoms with Crippen molar-refractivity contribution in [3.05, 3.63) is 23.2 Å². The molecule has 0 saturated carbocycles. The van der Waals surface area contributed by atoms with Gasteiger partial charge < -0.3 is 10.2 Å². The largest absolute Gasteiger partial charge is 0.510 e. The molecule has 2 N–H and O–H groups in total. The smallest absolute Gasteiger partial charge is 0.172 e. The number of Topliss-reactive ketones (excluding diaryl/α,β-unsaturated/α-hetero) is 1. The van der Waals surface area contributed by atoms with Crippen LogP contribution in [0, 0.1) is 11.3 Å². The van der Waals surface area contributed by atoms with Gasteiger partial charge in [0.2, 0.25) is 0 Å². The summed E-state index contributed by atoms with van der Waals surface area (Å²) in [7, 11) is 0. The molecule has 0 aliphatic heterocycles. The summed E-state index contributed by atoms with van der Waals surface area (Å²) in [6, 6.07) is 0. The Balaban J connectivity index is 3.36. The van der Waals surface area contributed by atoms with E-state index in [1.165, 1.54) is 13.8 Å². The van der Waals surface area contributed by atoms with Crippen LogP contribution in [0.1, 0.15) is 27.7 Å². The minimum absolute atomic E-state index is 0.139. The first-order chi connectivity index (χ1) is 7.19. The van der Waals surface area contributed by atoms with Crippen LogP contribution in [0.4, 0.5) is 0 Å². The molecule has 0 aromatic heterocycles. The molecule has 4 heteroatoms. The number of hydrogen-bond donors (Lipinski definition) is 2. The fourth-order valence-corrected chi connectivity index (χ4v) is 1.46. The molecule has 0 amide bonds. The standard InChI is InChI=1S/C12H16O4/c1-6(2)10(15)9-7(13)5-8(14)12(3,4)11(9)16/h5-6,13,16H,1-4H3. The molecule has 0 heterocycles. The van der Waals surface area contributed by atoms with Crippen LogP contribution in [0.5, 0.6) is 0 Å². The van der Waals surface area contributed by atoms with E-state index in [1.807, 2.05) is 0 Å². The predicted octanol–water partition coefficient (Wildman–Crippen LogP) is 2.07. The number of carbonyl (C=O) groups excluding carboxylic acids is 2. The van der Waals surface area contributed by atoms with Crippen molar-refractivity contribution >= 4 is 11.6 Å². The first-order valence-electron chi connectivity index (χ1n) is 5.13. The number of aliphatic hydroxyl groups excluding tert-OH is 2. The molecular weight excluding hydrogens is 208 g/mol. The maximum Gasteiger partial charge on any atom is 0.172 e. The summed E-state index contributed by atoms with van der Waals surface area (Å²) in [5, 5.41) is 19.5. The lowest BCUT2D eigenvalue weighted by Gasteiger charge is -2.27. The number of hydrogen-bond acceptors (Lipinski definition) is 4. The molecule has 0 saturated heterocycles. The fraction of sp³-hybridized carbons (Fsp3) is 0.500. The molecule has 16 heavy (non-hydrogen) atoms. The van der Waals surface area contributed by atoms with Gasteiger partial charge >= 0.3 is 0 Å². The molecule has 0 unspecified atom stereocenters. The number of carbonyl (C=O) groups is 2. The minimum atomic E-state index is -1.15. The van der Waals surface area contributed by atoms with Crippen LogP contribution < -0.4 is 0 Å². The highest BCUT2D eigenvalue weighted by Crippen LogP contribution is 2.36. The van der Waals surface area contributed by atoms with E-state index in [0.29, 0.717) is 0 Å². The highest BCUT2D eigenvalue weighted by Gasteiger charge is 2.40. The Labute approximate surface area is 94.3 Å². The maximum absolute atomic E-state index is 11.8. The van der Waals surface area contributed by atoms with Crippen LogP contribution in [0.15, 0.2) is 23.2 Å². The molecular formula is C12H16O4. The van der Waals surface area contributed by atoms with Crippen LogP contribution in [0.25, 0.3) is 0 Å². The molecule has 0 bridgehead atoms. The van der Waals surface area contributed by atoms with Crippen LogP contribution in [-0.2, 0) is 9.59 Å². The first-order valence-corrected chi connectivity index (χ1v) is 5.13. The summed E-state index contributed by atoms with van der Waals surface area (Å²) in [6.07, 6.45) is 0.995. The summed E-state index contributed by atoms with van der Waals surface area (Å²) >= 11 is 0. The van der Waals surface area contributed by atoms with Crippen LogP contribution in [0.3, 0.4) is 0 Å². The Morgan fingerprint density at radius 1 is 1.31 bits per heavy atom. The highest BCUT2D eigenvalue weighted by atomic mass is 16.3. The molecule has 0 atom stereocenters. The second-order valence-electron chi connectivity index (χ2n) is 4.76. The third kappa shape index (κ3) is 1.75. The normalized spacial score (nSPS) is 20.1. The van der Waals surface area contributed by atoms with Crippen molar-refractivity contribution < 1.29 is 19.8 Å². The van der Waals surface area contributed by atoms with E-state index >= 15 is 0 Å². The second-order valence-corrected chi connectivity index (χ2v) is 4.76. The van der Waals surface area contributed by atoms with Crippen molar-refractivity contribution in [1.29, 1.82) is 0 Å². The lowest BCUT2D eigenvalue weighted by atomic mass is 9.77. The van der Waals surface area contributed by atoms with Gasteiger partial charge in [-0.05, 0) is 13.8 Å². The van der Waals surface area contributed by atoms with Gasteiger partial charge in [-0.2, -0.15) is 0 Å². The van der Waals surface area contributed by atoms with Crippen molar-refractivity contribution in [3.8, 4) is 0 Å². The number of ketones is 2. The quantitative estimate of drug-likeness (QED) is 0.753. The van der Waals surface area contributed by atoms with Crippen molar-refractivity contribution in [3.63, 3.8) is 0 Å². The van der Waals surface area contributed by atoms with E-state index < -0.39 is 17.0 Å². The second kappa shape index (κ2) is 3.77. The zero-order valence-electron chi connectivity index (χ0n) is 9.87. The fourth-order valence-electron chi connectivity index (χ4n) is 1.46. The van der Waals surface area contributed by atoms with Crippen molar-refractivity contribution in [2.45, 2.75) is 27.7 Å². The lowest BCUT2D eigenvalue weighted by Crippen LogP contribution is -2.32. The van der Waals surface area contributed by atoms with Gasteiger partial charge in [0, 0.05) is 12.0 Å². The van der Waals surface area contributed by atoms with Crippen LogP contribution in [0.2, 0.25) is 0 Å². The topological polar surface area (TPSA) is 74.6 Å². The molecule has 1 aliphatic carbocycles. The molecule has 0 radical (unpaired) electrons. The average Bonchev–Trinajstić information content (AvgIpc) is 2.15. The molecule has 0 fully saturated rings. The zero-order chi connectivity index (χ0) is 12.7. The van der Waals surface area contributed by atoms with Crippen LogP contribution >= 0.6 is 0 Å². The predicted molar refractivity (Wildman–Crippen MR) is 59.0 cm³/mol. The molecule has 88 valence electrons. The van der Waals surface area contributed by atoms with Crippen LogP contribution in [-0.4, -0.2) is 21.8 Å². The number of rotatable bonds is 2. The highest BCUT2D eigenvalue weighted by molar-refractivity contribution is 6.08. The molecule has 1 rings (SSSR count). The number of allylic oxidation sites excluding steroid dienone is 3. The lowest BCUT2D eigenvalue weighted by molar-refractivity contribution is -0.122. The SMILES string of the molecule is CC(C)C(=O)C1=C(O)C(C)(C)C(=O)C=C1O. The Morgan fingerprint density at radius 3 is 2.25 bits per heavy atom. The summed E-state index contributed by atoms with van der Waals surface area (Å²) in [4.78, 5) is 23.3. The van der Waals surface area contributed by atoms with Crippen molar-refractivity contribution in [1.82, 2.24) is 0 Å². The Morgan fingerprint density at radius 2 is 1.81 bits per heavy atom. The van der Waals surface area contributed by atoms with Gasteiger partial charge in [0.25, 0.3) is 0 Å². The summed E-state index contributed by atoms with van der Waals surface area (Å²) in [5.41, 5.74) is -1.29. The zero-order valence-corrected chi connectivity index (χ0v) is 9.87. The third-order valence-corrected chi connectivity index (χ3v) is 2.74. The molecule has 1 aliphatic rings. The summed E-state index contributed by atoms with van der Waals surface area (Å²) < 4.78 is 0. The van der Waals surface area contributed by atoms with E-state index in [0.717, 1.165) is 6.08 Å². The number of aliphatic hydroxyl groups is 2. The van der Waals surface area contributed by atoms with E-state index in [-0.39, 0.29) is 23.0 Å². The van der Waals surface area contributed by atoms with Crippen molar-refractivity contribution in [2.75, 3.05) is 0 Å². The monoisotopic (exact) mass is 224 g/mol. The van der Waals surface area contributed by atoms with Gasteiger partial charge in [-0.1, -0.05) is 13.8 Å². The Kier molecular flexibility index (Phi) is 2.95. The van der Waals surface area contributed by atoms with Gasteiger partial charge in [0.15, 0.2) is 11.6 Å². The summed E-state index contributed by atoms with van der Waals surface area (Å²) in [5.74, 6) is -1.93. The summed E-state index contributed by atoms with van der Waals surface area (Å²) in [6.45, 7) is 6.36.